The number of hydrogen-bond acceptors (Lipinski definition) is 5. The maximum absolute atomic E-state index is 12.2. The zero-order chi connectivity index (χ0) is 19.4. The van der Waals surface area contributed by atoms with Crippen molar-refractivity contribution in [2.24, 2.45) is 5.92 Å². The molecule has 0 saturated heterocycles. The van der Waals surface area contributed by atoms with Crippen molar-refractivity contribution >= 4 is 23.6 Å². The lowest BCUT2D eigenvalue weighted by Crippen LogP contribution is -2.45. The lowest BCUT2D eigenvalue weighted by molar-refractivity contribution is -0.142. The van der Waals surface area contributed by atoms with E-state index in [0.29, 0.717) is 42.4 Å². The molecule has 0 bridgehead atoms. The minimum atomic E-state index is -0.764. The molecule has 1 saturated carbocycles. The summed E-state index contributed by atoms with van der Waals surface area (Å²) in [6.07, 6.45) is 2.46. The number of carbonyl (C=O) groups excluding carboxylic acids is 1. The second-order valence-corrected chi connectivity index (χ2v) is 7.13. The summed E-state index contributed by atoms with van der Waals surface area (Å²) < 4.78 is 5.25. The van der Waals surface area contributed by atoms with Crippen LogP contribution >= 0.6 is 11.6 Å². The number of aromatic nitrogens is 2. The number of carboxylic acid groups (broad SMARTS) is 1. The Bertz CT molecular complexity index is 800. The van der Waals surface area contributed by atoms with E-state index in [4.69, 9.17) is 21.2 Å². The van der Waals surface area contributed by atoms with E-state index in [9.17, 15) is 9.59 Å². The van der Waals surface area contributed by atoms with E-state index in [2.05, 4.69) is 20.8 Å². The van der Waals surface area contributed by atoms with E-state index in [1.165, 1.54) is 0 Å². The predicted molar refractivity (Wildman–Crippen MR) is 98.2 cm³/mol. The molecule has 1 aliphatic rings. The molecule has 9 heteroatoms. The zero-order valence-corrected chi connectivity index (χ0v) is 15.6. The predicted octanol–water partition coefficient (Wildman–Crippen LogP) is 3.39. The molecule has 8 nitrogen and oxygen atoms in total. The van der Waals surface area contributed by atoms with Crippen LogP contribution in [0.2, 0.25) is 5.02 Å². The summed E-state index contributed by atoms with van der Waals surface area (Å²) in [6.45, 7) is 1.76. The first-order chi connectivity index (χ1) is 12.9. The molecule has 3 rings (SSSR count). The Morgan fingerprint density at radius 1 is 1.22 bits per heavy atom. The molecular weight excluding hydrogens is 372 g/mol. The van der Waals surface area contributed by atoms with Crippen molar-refractivity contribution in [3.8, 4) is 11.5 Å². The average molecular weight is 393 g/mol. The maximum atomic E-state index is 12.2. The second kappa shape index (κ2) is 8.39. The smallest absolute Gasteiger partial charge is 0.315 e. The van der Waals surface area contributed by atoms with Crippen LogP contribution in [0.4, 0.5) is 4.79 Å². The van der Waals surface area contributed by atoms with Crippen molar-refractivity contribution in [3.63, 3.8) is 0 Å². The number of carboxylic acids is 1. The molecule has 1 aromatic carbocycles. The summed E-state index contributed by atoms with van der Waals surface area (Å²) in [4.78, 5) is 27.5. The van der Waals surface area contributed by atoms with E-state index >= 15 is 0 Å². The molecule has 0 spiro atoms. The number of nitrogens with zero attached hydrogens (tertiary/aromatic N) is 2. The Hall–Kier alpha value is -2.61. The van der Waals surface area contributed by atoms with Crippen molar-refractivity contribution in [1.29, 1.82) is 0 Å². The topological polar surface area (TPSA) is 117 Å². The largest absolute Gasteiger partial charge is 0.481 e. The highest BCUT2D eigenvalue weighted by molar-refractivity contribution is 6.30. The molecule has 2 aromatic rings. The van der Waals surface area contributed by atoms with Gasteiger partial charge in [0, 0.05) is 16.6 Å². The number of halogens is 1. The van der Waals surface area contributed by atoms with E-state index in [-0.39, 0.29) is 18.0 Å². The minimum absolute atomic E-state index is 0.0253. The van der Waals surface area contributed by atoms with Crippen LogP contribution in [0.1, 0.15) is 44.5 Å². The van der Waals surface area contributed by atoms with Gasteiger partial charge in [-0.3, -0.25) is 4.79 Å². The number of benzene rings is 1. The molecule has 3 N–H and O–H groups in total. The van der Waals surface area contributed by atoms with Crippen LogP contribution in [0.15, 0.2) is 28.8 Å². The van der Waals surface area contributed by atoms with Gasteiger partial charge in [-0.15, -0.1) is 0 Å². The number of rotatable bonds is 5. The van der Waals surface area contributed by atoms with E-state index in [1.807, 2.05) is 0 Å². The average Bonchev–Trinajstić information content (AvgIpc) is 3.13. The van der Waals surface area contributed by atoms with Crippen LogP contribution in [0.3, 0.4) is 0 Å². The first-order valence-electron chi connectivity index (χ1n) is 8.81. The van der Waals surface area contributed by atoms with Crippen molar-refractivity contribution in [2.45, 2.75) is 44.7 Å². The van der Waals surface area contributed by atoms with Crippen LogP contribution in [-0.4, -0.2) is 33.3 Å². The second-order valence-electron chi connectivity index (χ2n) is 6.69. The van der Waals surface area contributed by atoms with Crippen molar-refractivity contribution in [1.82, 2.24) is 20.8 Å². The Morgan fingerprint density at radius 2 is 1.89 bits per heavy atom. The van der Waals surface area contributed by atoms with Gasteiger partial charge < -0.3 is 20.3 Å². The standard InChI is InChI=1S/C18H21ClN4O4/c1-10(15-22-16(27-23-15)11-2-6-13(19)7-3-11)20-18(26)21-14-8-4-12(5-9-14)17(24)25/h2-3,6-7,10,12,14H,4-5,8-9H2,1H3,(H,24,25)(H2,20,21,26). The van der Waals surface area contributed by atoms with Crippen LogP contribution in [0.25, 0.3) is 11.5 Å². The summed E-state index contributed by atoms with van der Waals surface area (Å²) in [5.41, 5.74) is 0.741. The molecule has 1 aromatic heterocycles. The molecule has 1 unspecified atom stereocenters. The first kappa shape index (κ1) is 19.2. The van der Waals surface area contributed by atoms with Gasteiger partial charge in [0.05, 0.1) is 12.0 Å². The van der Waals surface area contributed by atoms with Crippen molar-refractivity contribution in [3.05, 3.63) is 35.1 Å². The third kappa shape index (κ3) is 4.97. The van der Waals surface area contributed by atoms with Crippen LogP contribution in [0.5, 0.6) is 0 Å². The van der Waals surface area contributed by atoms with Crippen molar-refractivity contribution in [2.75, 3.05) is 0 Å². The maximum Gasteiger partial charge on any atom is 0.315 e. The lowest BCUT2D eigenvalue weighted by Gasteiger charge is -2.27. The Morgan fingerprint density at radius 3 is 2.52 bits per heavy atom. The number of aliphatic carboxylic acids is 1. The van der Waals surface area contributed by atoms with E-state index in [0.717, 1.165) is 5.56 Å². The highest BCUT2D eigenvalue weighted by Gasteiger charge is 2.27. The molecule has 2 amide bonds. The Kier molecular flexibility index (Phi) is 5.95. The molecule has 144 valence electrons. The van der Waals surface area contributed by atoms with Gasteiger partial charge >= 0.3 is 12.0 Å². The molecular formula is C18H21ClN4O4. The summed E-state index contributed by atoms with van der Waals surface area (Å²) >= 11 is 5.87. The summed E-state index contributed by atoms with van der Waals surface area (Å²) in [6, 6.07) is 6.21. The van der Waals surface area contributed by atoms with Crippen molar-refractivity contribution < 1.29 is 19.2 Å². The van der Waals surface area contributed by atoms with Gasteiger partial charge in [0.15, 0.2) is 5.82 Å². The van der Waals surface area contributed by atoms with Gasteiger partial charge in [-0.1, -0.05) is 16.8 Å². The number of amides is 2. The highest BCUT2D eigenvalue weighted by atomic mass is 35.5. The summed E-state index contributed by atoms with van der Waals surface area (Å²) in [5.74, 6) is -0.358. The monoisotopic (exact) mass is 392 g/mol. The number of nitrogens with one attached hydrogen (secondary N) is 2. The van der Waals surface area contributed by atoms with Gasteiger partial charge in [0.1, 0.15) is 0 Å². The van der Waals surface area contributed by atoms with Gasteiger partial charge in [0.2, 0.25) is 0 Å². The number of urea groups is 1. The fourth-order valence-electron chi connectivity index (χ4n) is 3.09. The molecule has 0 aliphatic heterocycles. The Balaban J connectivity index is 1.51. The molecule has 1 heterocycles. The van der Waals surface area contributed by atoms with Gasteiger partial charge in [-0.05, 0) is 56.9 Å². The van der Waals surface area contributed by atoms with E-state index < -0.39 is 12.0 Å². The van der Waals surface area contributed by atoms with Crippen LogP contribution in [0, 0.1) is 5.92 Å². The van der Waals surface area contributed by atoms with E-state index in [1.54, 1.807) is 31.2 Å². The lowest BCUT2D eigenvalue weighted by atomic mass is 9.86. The summed E-state index contributed by atoms with van der Waals surface area (Å²) in [5, 5.41) is 19.2. The fourth-order valence-corrected chi connectivity index (χ4v) is 3.22. The molecule has 1 atom stereocenters. The molecule has 1 aliphatic carbocycles. The third-order valence-electron chi connectivity index (χ3n) is 4.68. The highest BCUT2D eigenvalue weighted by Crippen LogP contribution is 2.24. The SMILES string of the molecule is CC(NC(=O)NC1CCC(C(=O)O)CC1)c1noc(-c2ccc(Cl)cc2)n1. The van der Waals surface area contributed by atoms with Crippen LogP contribution in [-0.2, 0) is 4.79 Å². The molecule has 27 heavy (non-hydrogen) atoms. The third-order valence-corrected chi connectivity index (χ3v) is 4.93. The number of hydrogen-bond donors (Lipinski definition) is 3. The summed E-state index contributed by atoms with van der Waals surface area (Å²) in [7, 11) is 0. The van der Waals surface area contributed by atoms with Gasteiger partial charge in [-0.25, -0.2) is 4.79 Å². The zero-order valence-electron chi connectivity index (χ0n) is 14.8. The minimum Gasteiger partial charge on any atom is -0.481 e. The van der Waals surface area contributed by atoms with Gasteiger partial charge in [0.25, 0.3) is 5.89 Å². The van der Waals surface area contributed by atoms with Crippen LogP contribution < -0.4 is 10.6 Å². The van der Waals surface area contributed by atoms with Gasteiger partial charge in [-0.2, -0.15) is 4.98 Å². The fraction of sp³-hybridized carbons (Fsp3) is 0.444. The first-order valence-corrected chi connectivity index (χ1v) is 9.19. The quantitative estimate of drug-likeness (QED) is 0.717. The molecule has 0 radical (unpaired) electrons. The molecule has 1 fully saturated rings. The Labute approximate surface area is 161 Å². The normalized spacial score (nSPS) is 20.7. The number of carbonyl (C=O) groups is 2.